The molecule has 1 fully saturated rings. The molecule has 1 aliphatic rings. The monoisotopic (exact) mass is 339 g/mol. The van der Waals surface area contributed by atoms with Gasteiger partial charge in [-0.1, -0.05) is 17.7 Å². The second kappa shape index (κ2) is 6.36. The fraction of sp³-hybridized carbons (Fsp3) is 0.312. The van der Waals surface area contributed by atoms with E-state index in [0.29, 0.717) is 26.1 Å². The van der Waals surface area contributed by atoms with E-state index in [-0.39, 0.29) is 16.5 Å². The number of carbonyl (C=O) groups is 1. The standard InChI is InChI=1S/C16H15ClFNO2S/c17-13-10-11(18)3-4-12(13)15(20)19-16(5-7-21-8-6-16)14-2-1-9-22-14/h1-4,9-10H,5-8H2,(H,19,20). The second-order valence-corrected chi connectivity index (χ2v) is 6.60. The van der Waals surface area contributed by atoms with Crippen LogP contribution in [0.5, 0.6) is 0 Å². The first-order valence-corrected chi connectivity index (χ1v) is 8.26. The normalized spacial score (nSPS) is 17.2. The van der Waals surface area contributed by atoms with Crippen molar-refractivity contribution in [2.75, 3.05) is 13.2 Å². The molecule has 1 aliphatic heterocycles. The molecule has 0 saturated carbocycles. The molecule has 2 heterocycles. The Morgan fingerprint density at radius 1 is 1.32 bits per heavy atom. The number of thiophene rings is 1. The van der Waals surface area contributed by atoms with Crippen LogP contribution >= 0.6 is 22.9 Å². The maximum atomic E-state index is 13.1. The number of hydrogen-bond acceptors (Lipinski definition) is 3. The van der Waals surface area contributed by atoms with Gasteiger partial charge in [0.25, 0.3) is 5.91 Å². The van der Waals surface area contributed by atoms with Crippen LogP contribution in [0.15, 0.2) is 35.7 Å². The maximum absolute atomic E-state index is 13.1. The molecule has 1 aromatic heterocycles. The van der Waals surface area contributed by atoms with Crippen LogP contribution in [-0.4, -0.2) is 19.1 Å². The molecule has 1 N–H and O–H groups in total. The lowest BCUT2D eigenvalue weighted by Crippen LogP contribution is -2.49. The fourth-order valence-corrected chi connectivity index (χ4v) is 3.86. The van der Waals surface area contributed by atoms with Crippen LogP contribution in [0.1, 0.15) is 28.1 Å². The Labute approximate surface area is 137 Å². The second-order valence-electron chi connectivity index (χ2n) is 5.25. The molecule has 22 heavy (non-hydrogen) atoms. The highest BCUT2D eigenvalue weighted by atomic mass is 35.5. The van der Waals surface area contributed by atoms with Crippen molar-refractivity contribution in [2.45, 2.75) is 18.4 Å². The first-order valence-electron chi connectivity index (χ1n) is 7.00. The molecule has 0 atom stereocenters. The first kappa shape index (κ1) is 15.5. The molecule has 1 amide bonds. The third-order valence-corrected chi connectivity index (χ3v) is 5.25. The molecule has 0 aliphatic carbocycles. The minimum Gasteiger partial charge on any atom is -0.381 e. The van der Waals surface area contributed by atoms with Crippen LogP contribution in [0.4, 0.5) is 4.39 Å². The maximum Gasteiger partial charge on any atom is 0.253 e. The molecule has 0 spiro atoms. The topological polar surface area (TPSA) is 38.3 Å². The van der Waals surface area contributed by atoms with Crippen molar-refractivity contribution in [1.82, 2.24) is 5.32 Å². The average molecular weight is 340 g/mol. The van der Waals surface area contributed by atoms with E-state index in [0.717, 1.165) is 10.9 Å². The first-order chi connectivity index (χ1) is 10.6. The number of hydrogen-bond donors (Lipinski definition) is 1. The smallest absolute Gasteiger partial charge is 0.253 e. The van der Waals surface area contributed by atoms with Gasteiger partial charge in [0, 0.05) is 18.1 Å². The predicted molar refractivity (Wildman–Crippen MR) is 84.9 cm³/mol. The molecule has 3 rings (SSSR count). The van der Waals surface area contributed by atoms with E-state index in [1.807, 2.05) is 17.5 Å². The van der Waals surface area contributed by atoms with Crippen LogP contribution in [0.2, 0.25) is 5.02 Å². The summed E-state index contributed by atoms with van der Waals surface area (Å²) >= 11 is 7.60. The SMILES string of the molecule is O=C(NC1(c2cccs2)CCOCC1)c1ccc(F)cc1Cl. The number of amides is 1. The van der Waals surface area contributed by atoms with E-state index in [1.54, 1.807) is 11.3 Å². The minimum atomic E-state index is -0.458. The van der Waals surface area contributed by atoms with Crippen LogP contribution in [0.3, 0.4) is 0 Å². The Morgan fingerprint density at radius 2 is 2.09 bits per heavy atom. The van der Waals surface area contributed by atoms with Crippen molar-refractivity contribution in [3.63, 3.8) is 0 Å². The Balaban J connectivity index is 1.89. The van der Waals surface area contributed by atoms with Crippen molar-refractivity contribution in [2.24, 2.45) is 0 Å². The van der Waals surface area contributed by atoms with Gasteiger partial charge in [0.05, 0.1) is 16.1 Å². The van der Waals surface area contributed by atoms with Crippen molar-refractivity contribution >= 4 is 28.8 Å². The lowest BCUT2D eigenvalue weighted by molar-refractivity contribution is 0.0358. The zero-order valence-electron chi connectivity index (χ0n) is 11.8. The number of halogens is 2. The van der Waals surface area contributed by atoms with E-state index in [1.165, 1.54) is 12.1 Å². The van der Waals surface area contributed by atoms with Gasteiger partial charge < -0.3 is 10.1 Å². The number of rotatable bonds is 3. The molecule has 6 heteroatoms. The number of benzene rings is 1. The zero-order valence-corrected chi connectivity index (χ0v) is 13.3. The molecule has 0 bridgehead atoms. The Kier molecular flexibility index (Phi) is 4.47. The van der Waals surface area contributed by atoms with E-state index in [4.69, 9.17) is 16.3 Å². The van der Waals surface area contributed by atoms with Crippen molar-refractivity contribution in [3.8, 4) is 0 Å². The number of nitrogens with one attached hydrogen (secondary N) is 1. The summed E-state index contributed by atoms with van der Waals surface area (Å²) in [6, 6.07) is 7.78. The molecular formula is C16H15ClFNO2S. The summed E-state index contributed by atoms with van der Waals surface area (Å²) in [7, 11) is 0. The van der Waals surface area contributed by atoms with Gasteiger partial charge in [0.2, 0.25) is 0 Å². The lowest BCUT2D eigenvalue weighted by Gasteiger charge is -2.37. The van der Waals surface area contributed by atoms with E-state index >= 15 is 0 Å². The van der Waals surface area contributed by atoms with Gasteiger partial charge >= 0.3 is 0 Å². The lowest BCUT2D eigenvalue weighted by atomic mass is 9.88. The van der Waals surface area contributed by atoms with Crippen molar-refractivity contribution in [1.29, 1.82) is 0 Å². The number of ether oxygens (including phenoxy) is 1. The van der Waals surface area contributed by atoms with Gasteiger partial charge in [-0.25, -0.2) is 4.39 Å². The number of carbonyl (C=O) groups excluding carboxylic acids is 1. The largest absolute Gasteiger partial charge is 0.381 e. The van der Waals surface area contributed by atoms with Gasteiger partial charge in [-0.2, -0.15) is 0 Å². The minimum absolute atomic E-state index is 0.117. The Hall–Kier alpha value is -1.43. The molecular weight excluding hydrogens is 325 g/mol. The summed E-state index contributed by atoms with van der Waals surface area (Å²) in [6.07, 6.45) is 1.41. The van der Waals surface area contributed by atoms with Gasteiger partial charge in [0.15, 0.2) is 0 Å². The quantitative estimate of drug-likeness (QED) is 0.918. The van der Waals surface area contributed by atoms with Crippen LogP contribution in [0, 0.1) is 5.82 Å². The van der Waals surface area contributed by atoms with Crippen LogP contribution < -0.4 is 5.32 Å². The highest BCUT2D eigenvalue weighted by molar-refractivity contribution is 7.10. The van der Waals surface area contributed by atoms with Gasteiger partial charge in [-0.15, -0.1) is 11.3 Å². The summed E-state index contributed by atoms with van der Waals surface area (Å²) < 4.78 is 18.6. The van der Waals surface area contributed by atoms with Gasteiger partial charge in [0.1, 0.15) is 5.82 Å². The Bertz CT molecular complexity index is 669. The summed E-state index contributed by atoms with van der Waals surface area (Å²) in [4.78, 5) is 13.7. The van der Waals surface area contributed by atoms with Gasteiger partial charge in [-0.3, -0.25) is 4.79 Å². The third kappa shape index (κ3) is 3.02. The van der Waals surface area contributed by atoms with Crippen LogP contribution in [0.25, 0.3) is 0 Å². The molecule has 1 aromatic carbocycles. The third-order valence-electron chi connectivity index (χ3n) is 3.87. The average Bonchev–Trinajstić information content (AvgIpc) is 3.03. The summed E-state index contributed by atoms with van der Waals surface area (Å²) in [5.41, 5.74) is -0.160. The molecule has 2 aromatic rings. The summed E-state index contributed by atoms with van der Waals surface area (Å²) in [5, 5.41) is 5.20. The van der Waals surface area contributed by atoms with Crippen molar-refractivity contribution in [3.05, 3.63) is 57.0 Å². The zero-order chi connectivity index (χ0) is 15.6. The fourth-order valence-electron chi connectivity index (χ4n) is 2.66. The summed E-state index contributed by atoms with van der Waals surface area (Å²) in [6.45, 7) is 1.19. The van der Waals surface area contributed by atoms with E-state index in [9.17, 15) is 9.18 Å². The predicted octanol–water partition coefficient (Wildman–Crippen LogP) is 3.98. The highest BCUT2D eigenvalue weighted by Gasteiger charge is 2.37. The molecule has 1 saturated heterocycles. The van der Waals surface area contributed by atoms with Crippen LogP contribution in [-0.2, 0) is 10.3 Å². The molecule has 0 unspecified atom stereocenters. The molecule has 0 radical (unpaired) electrons. The molecule has 116 valence electrons. The van der Waals surface area contributed by atoms with Gasteiger partial charge in [-0.05, 0) is 42.5 Å². The van der Waals surface area contributed by atoms with Crippen molar-refractivity contribution < 1.29 is 13.9 Å². The Morgan fingerprint density at radius 3 is 2.73 bits per heavy atom. The van der Waals surface area contributed by atoms with E-state index < -0.39 is 11.4 Å². The van der Waals surface area contributed by atoms with E-state index in [2.05, 4.69) is 5.32 Å². The molecule has 3 nitrogen and oxygen atoms in total. The summed E-state index contributed by atoms with van der Waals surface area (Å²) in [5.74, 6) is -0.749. The highest BCUT2D eigenvalue weighted by Crippen LogP contribution is 2.35.